The second-order valence-corrected chi connectivity index (χ2v) is 6.30. The largest absolute Gasteiger partial charge is 0.452 e. The number of furan rings is 1. The average molecular weight is 358 g/mol. The van der Waals surface area contributed by atoms with Crippen LogP contribution in [0, 0.1) is 0 Å². The van der Waals surface area contributed by atoms with E-state index in [2.05, 4.69) is 9.44 Å². The van der Waals surface area contributed by atoms with Gasteiger partial charge in [0.25, 0.3) is 0 Å². The van der Waals surface area contributed by atoms with Crippen LogP contribution in [0.3, 0.4) is 0 Å². The number of benzene rings is 1. The fourth-order valence-corrected chi connectivity index (χ4v) is 2.69. The number of hydrogen-bond donors (Lipinski definition) is 2. The fraction of sp³-hybridized carbons (Fsp3) is 0.0769. The second-order valence-electron chi connectivity index (χ2n) is 4.40. The van der Waals surface area contributed by atoms with E-state index >= 15 is 0 Å². The molecule has 2 rings (SSSR count). The Morgan fingerprint density at radius 2 is 2.04 bits per heavy atom. The van der Waals surface area contributed by atoms with Crippen LogP contribution in [0.25, 0.3) is 11.1 Å². The van der Waals surface area contributed by atoms with Gasteiger partial charge in [-0.05, 0) is 34.5 Å². The molecule has 23 heavy (non-hydrogen) atoms. The molecule has 0 aliphatic carbocycles. The third-order valence-electron chi connectivity index (χ3n) is 2.68. The van der Waals surface area contributed by atoms with Gasteiger partial charge in [0, 0.05) is 11.1 Å². The highest BCUT2D eigenvalue weighted by Crippen LogP contribution is 2.29. The number of nitrogens with zero attached hydrogens (tertiary/aromatic N) is 1. The number of carbonyl (C=O) groups is 1. The van der Waals surface area contributed by atoms with Crippen LogP contribution < -0.4 is 11.5 Å². The summed E-state index contributed by atoms with van der Waals surface area (Å²) in [5, 5.41) is 3.08. The Labute approximate surface area is 136 Å². The Hall–Kier alpha value is -2.52. The molecule has 0 saturated carbocycles. The maximum Gasteiger partial charge on any atom is 0.336 e. The number of hydrogen-bond acceptors (Lipinski definition) is 6. The summed E-state index contributed by atoms with van der Waals surface area (Å²) in [6.45, 7) is 0. The quantitative estimate of drug-likeness (QED) is 0.344. The molecule has 0 unspecified atom stereocenters. The lowest BCUT2D eigenvalue weighted by molar-refractivity contribution is 0.101. The number of rotatable bonds is 6. The lowest BCUT2D eigenvalue weighted by Crippen LogP contribution is -2.25. The minimum atomic E-state index is -4.24. The molecular weight excluding hydrogens is 346 g/mol. The molecule has 0 spiro atoms. The van der Waals surface area contributed by atoms with E-state index in [1.807, 2.05) is 0 Å². The summed E-state index contributed by atoms with van der Waals surface area (Å²) in [5.41, 5.74) is 11.3. The minimum absolute atomic E-state index is 0.164. The Morgan fingerprint density at radius 3 is 2.65 bits per heavy atom. The van der Waals surface area contributed by atoms with E-state index in [9.17, 15) is 13.2 Å². The van der Waals surface area contributed by atoms with Crippen LogP contribution in [0.1, 0.15) is 10.4 Å². The van der Waals surface area contributed by atoms with Crippen molar-refractivity contribution in [2.45, 2.75) is 0 Å². The van der Waals surface area contributed by atoms with Gasteiger partial charge in [0.05, 0.1) is 6.26 Å². The predicted molar refractivity (Wildman–Crippen MR) is 84.2 cm³/mol. The molecule has 0 amide bonds. The summed E-state index contributed by atoms with van der Waals surface area (Å²) >= 11 is 5.88. The maximum absolute atomic E-state index is 12.1. The van der Waals surface area contributed by atoms with E-state index in [0.29, 0.717) is 11.1 Å². The molecule has 1 aromatic carbocycles. The average Bonchev–Trinajstić information content (AvgIpc) is 2.91. The molecular formula is C13H12ClN3O5S. The molecule has 4 N–H and O–H groups in total. The number of carbonyl (C=O) groups excluding carboxylic acids is 1. The molecule has 2 aromatic rings. The van der Waals surface area contributed by atoms with Crippen LogP contribution >= 0.6 is 11.6 Å². The van der Waals surface area contributed by atoms with Gasteiger partial charge < -0.3 is 15.9 Å². The molecule has 1 aromatic heterocycles. The Bertz CT molecular complexity index is 856. The molecule has 0 aliphatic heterocycles. The summed E-state index contributed by atoms with van der Waals surface area (Å²) in [4.78, 5) is 12.1. The Balaban J connectivity index is 2.21. The number of oxime groups is 1. The molecule has 0 bridgehead atoms. The molecule has 10 heteroatoms. The number of ketones is 1. The highest BCUT2D eigenvalue weighted by Gasteiger charge is 2.20. The van der Waals surface area contributed by atoms with Gasteiger partial charge in [-0.25, -0.2) is 0 Å². The first-order valence-corrected chi connectivity index (χ1v) is 8.11. The molecule has 0 aliphatic rings. The maximum atomic E-state index is 12.1. The van der Waals surface area contributed by atoms with Crippen molar-refractivity contribution in [1.82, 2.24) is 0 Å². The smallest absolute Gasteiger partial charge is 0.336 e. The van der Waals surface area contributed by atoms with Crippen LogP contribution in [0.2, 0.25) is 5.22 Å². The van der Waals surface area contributed by atoms with Gasteiger partial charge in [0.2, 0.25) is 11.2 Å². The van der Waals surface area contributed by atoms with Gasteiger partial charge >= 0.3 is 10.1 Å². The zero-order valence-electron chi connectivity index (χ0n) is 11.6. The van der Waals surface area contributed by atoms with E-state index in [-0.39, 0.29) is 10.8 Å². The molecule has 0 atom stereocenters. The van der Waals surface area contributed by atoms with Crippen molar-refractivity contribution in [3.8, 4) is 11.1 Å². The van der Waals surface area contributed by atoms with Crippen LogP contribution in [-0.2, 0) is 14.4 Å². The minimum Gasteiger partial charge on any atom is -0.452 e. The number of nitrogens with two attached hydrogens (primary N) is 2. The summed E-state index contributed by atoms with van der Waals surface area (Å²) in [5.74, 6) is -2.17. The molecule has 8 nitrogen and oxygen atoms in total. The molecule has 122 valence electrons. The zero-order valence-corrected chi connectivity index (χ0v) is 13.2. The third-order valence-corrected chi connectivity index (χ3v) is 3.89. The molecule has 0 saturated heterocycles. The van der Waals surface area contributed by atoms with Gasteiger partial charge in [-0.2, -0.15) is 8.42 Å². The summed E-state index contributed by atoms with van der Waals surface area (Å²) in [7, 11) is -4.24. The third kappa shape index (κ3) is 4.47. The summed E-state index contributed by atoms with van der Waals surface area (Å²) in [6.07, 6.45) is 1.40. The van der Waals surface area contributed by atoms with Gasteiger partial charge in [-0.15, -0.1) is 0 Å². The van der Waals surface area contributed by atoms with Crippen molar-refractivity contribution in [2.24, 2.45) is 16.6 Å². The SMILES string of the molecule is NC(N)=NOS(=O)(=O)CC(=O)c1cccc(-c2ccoc2Cl)c1. The molecule has 0 radical (unpaired) electrons. The normalized spacial score (nSPS) is 11.0. The van der Waals surface area contributed by atoms with Crippen LogP contribution in [0.5, 0.6) is 0 Å². The van der Waals surface area contributed by atoms with E-state index in [1.165, 1.54) is 18.4 Å². The number of guanidine groups is 1. The first-order valence-electron chi connectivity index (χ1n) is 6.15. The Morgan fingerprint density at radius 1 is 1.30 bits per heavy atom. The number of halogens is 1. The highest BCUT2D eigenvalue weighted by atomic mass is 35.5. The zero-order chi connectivity index (χ0) is 17.0. The molecule has 1 heterocycles. The predicted octanol–water partition coefficient (Wildman–Crippen LogP) is 1.32. The standard InChI is InChI=1S/C13H12ClN3O5S/c14-12-10(4-5-21-12)8-2-1-3-9(6-8)11(18)7-23(19,20)22-17-13(15)16/h1-6H,7H2,(H4,15,16,17). The van der Waals surface area contributed by atoms with Crippen LogP contribution in [-0.4, -0.2) is 25.9 Å². The van der Waals surface area contributed by atoms with E-state index in [1.54, 1.807) is 18.2 Å². The first kappa shape index (κ1) is 16.8. The lowest BCUT2D eigenvalue weighted by atomic mass is 10.0. The highest BCUT2D eigenvalue weighted by molar-refractivity contribution is 7.87. The van der Waals surface area contributed by atoms with E-state index in [4.69, 9.17) is 27.5 Å². The van der Waals surface area contributed by atoms with Crippen LogP contribution in [0.15, 0.2) is 46.2 Å². The second kappa shape index (κ2) is 6.71. The van der Waals surface area contributed by atoms with Gasteiger partial charge in [0.1, 0.15) is 0 Å². The van der Waals surface area contributed by atoms with Gasteiger partial charge in [0.15, 0.2) is 11.5 Å². The lowest BCUT2D eigenvalue weighted by Gasteiger charge is -2.04. The van der Waals surface area contributed by atoms with Crippen molar-refractivity contribution in [1.29, 1.82) is 0 Å². The molecule has 0 fully saturated rings. The van der Waals surface area contributed by atoms with Crippen molar-refractivity contribution in [3.05, 3.63) is 47.4 Å². The first-order chi connectivity index (χ1) is 10.8. The summed E-state index contributed by atoms with van der Waals surface area (Å²) < 4.78 is 32.3. The van der Waals surface area contributed by atoms with Gasteiger partial charge in [-0.3, -0.25) is 9.08 Å². The van der Waals surface area contributed by atoms with E-state index in [0.717, 1.165) is 0 Å². The van der Waals surface area contributed by atoms with E-state index < -0.39 is 27.6 Å². The topological polar surface area (TPSA) is 138 Å². The van der Waals surface area contributed by atoms with Crippen molar-refractivity contribution < 1.29 is 21.9 Å². The monoisotopic (exact) mass is 357 g/mol. The van der Waals surface area contributed by atoms with Crippen molar-refractivity contribution in [3.63, 3.8) is 0 Å². The van der Waals surface area contributed by atoms with Crippen molar-refractivity contribution >= 4 is 33.5 Å². The van der Waals surface area contributed by atoms with Gasteiger partial charge in [-0.1, -0.05) is 18.2 Å². The van der Waals surface area contributed by atoms with Crippen molar-refractivity contribution in [2.75, 3.05) is 5.75 Å². The number of Topliss-reactive ketones (excluding diaryl/α,β-unsaturated/α-hetero) is 1. The van der Waals surface area contributed by atoms with Crippen LogP contribution in [0.4, 0.5) is 0 Å². The Kier molecular flexibility index (Phi) is 4.92. The summed E-state index contributed by atoms with van der Waals surface area (Å²) in [6, 6.07) is 7.89. The fourth-order valence-electron chi connectivity index (χ4n) is 1.73.